The number of hydrogen-bond acceptors (Lipinski definition) is 7. The molecule has 2 aromatic heterocycles. The van der Waals surface area contributed by atoms with E-state index in [2.05, 4.69) is 52.5 Å². The summed E-state index contributed by atoms with van der Waals surface area (Å²) in [5, 5.41) is 8.57. The molecular weight excluding hydrogens is 815 g/mol. The maximum absolute atomic E-state index is 15.4. The molecule has 6 rings (SSSR count). The van der Waals surface area contributed by atoms with Gasteiger partial charge in [-0.1, -0.05) is 85.4 Å². The summed E-state index contributed by atoms with van der Waals surface area (Å²) in [6, 6.07) is 31.7. The summed E-state index contributed by atoms with van der Waals surface area (Å²) < 4.78 is 15.4. The highest BCUT2D eigenvalue weighted by molar-refractivity contribution is 9.10. The van der Waals surface area contributed by atoms with Crippen molar-refractivity contribution in [2.75, 3.05) is 10.6 Å². The van der Waals surface area contributed by atoms with Gasteiger partial charge in [-0.05, 0) is 84.9 Å². The van der Waals surface area contributed by atoms with Crippen LogP contribution in [0, 0.1) is 0 Å². The molecule has 4 aromatic carbocycles. The summed E-state index contributed by atoms with van der Waals surface area (Å²) >= 11 is 21.0. The van der Waals surface area contributed by atoms with Crippen molar-refractivity contribution in [3.05, 3.63) is 163 Å². The van der Waals surface area contributed by atoms with Gasteiger partial charge in [0, 0.05) is 47.9 Å². The van der Waals surface area contributed by atoms with Crippen molar-refractivity contribution < 1.29 is 19.1 Å². The fourth-order valence-corrected chi connectivity index (χ4v) is 6.49. The Labute approximate surface area is 312 Å². The fraction of sp³-hybridized carbons (Fsp3) is 0.0556. The van der Waals surface area contributed by atoms with Crippen molar-refractivity contribution in [3.63, 3.8) is 0 Å². The lowest BCUT2D eigenvalue weighted by Crippen LogP contribution is -2.67. The predicted molar refractivity (Wildman–Crippen MR) is 199 cm³/mol. The number of amides is 2. The molecule has 13 heteroatoms. The first-order valence-electron chi connectivity index (χ1n) is 14.5. The van der Waals surface area contributed by atoms with E-state index in [1.54, 1.807) is 127 Å². The minimum Gasteiger partial charge on any atom is -0.467 e. The minimum atomic E-state index is -2.36. The summed E-state index contributed by atoms with van der Waals surface area (Å²) in [4.78, 5) is 39.4. The number of anilines is 2. The van der Waals surface area contributed by atoms with E-state index in [1.807, 2.05) is 0 Å². The third-order valence-corrected chi connectivity index (χ3v) is 9.62. The van der Waals surface area contributed by atoms with E-state index in [-0.39, 0.29) is 33.6 Å². The molecule has 0 fully saturated rings. The first kappa shape index (κ1) is 34.6. The van der Waals surface area contributed by atoms with Crippen LogP contribution < -0.4 is 20.1 Å². The summed E-state index contributed by atoms with van der Waals surface area (Å²) in [5.41, 5.74) is -4.24. The van der Waals surface area contributed by atoms with Gasteiger partial charge in [0.2, 0.25) is 0 Å². The molecule has 0 bridgehead atoms. The lowest BCUT2D eigenvalue weighted by Gasteiger charge is -2.47. The van der Waals surface area contributed by atoms with Crippen molar-refractivity contribution in [3.8, 4) is 11.5 Å². The van der Waals surface area contributed by atoms with Gasteiger partial charge < -0.3 is 14.8 Å². The van der Waals surface area contributed by atoms with Crippen molar-refractivity contribution in [2.24, 2.45) is 0 Å². The summed E-state index contributed by atoms with van der Waals surface area (Å²) in [6.07, 6.45) is 3.09. The Morgan fingerprint density at radius 2 is 1.10 bits per heavy atom. The molecule has 6 aromatic rings. The van der Waals surface area contributed by atoms with Gasteiger partial charge in [0.1, 0.15) is 17.3 Å². The van der Waals surface area contributed by atoms with E-state index in [0.29, 0.717) is 10.0 Å². The number of hydrogen-bond donors (Lipinski definition) is 2. The van der Waals surface area contributed by atoms with Gasteiger partial charge in [0.25, 0.3) is 23.0 Å². The maximum Gasteiger partial charge on any atom is 0.280 e. The number of ether oxygens (including phenoxy) is 2. The number of carbonyl (C=O) groups excluding carboxylic acids is 2. The number of rotatable bonds is 11. The molecule has 49 heavy (non-hydrogen) atoms. The number of pyridine rings is 1. The Morgan fingerprint density at radius 1 is 0.612 bits per heavy atom. The number of thiazole rings is 1. The van der Waals surface area contributed by atoms with E-state index in [1.165, 1.54) is 17.5 Å². The van der Waals surface area contributed by atoms with Gasteiger partial charge in [-0.3, -0.25) is 14.9 Å². The van der Waals surface area contributed by atoms with Gasteiger partial charge >= 0.3 is 0 Å². The van der Waals surface area contributed by atoms with E-state index in [9.17, 15) is 0 Å². The highest BCUT2D eigenvalue weighted by Gasteiger charge is 2.68. The van der Waals surface area contributed by atoms with Crippen LogP contribution in [0.4, 0.5) is 10.9 Å². The second-order valence-corrected chi connectivity index (χ2v) is 14.0. The molecule has 2 amide bonds. The number of aromatic nitrogens is 2. The molecule has 0 radical (unpaired) electrons. The molecule has 0 spiro atoms. The second-order valence-electron chi connectivity index (χ2n) is 10.4. The average molecular weight is 839 g/mol. The van der Waals surface area contributed by atoms with Gasteiger partial charge in [-0.25, -0.2) is 9.97 Å². The number of carbonyl (C=O) groups is 2. The molecular formula is C36H24Br2Cl2N4O4S. The Kier molecular flexibility index (Phi) is 10.7. The Hall–Kier alpha value is -4.26. The van der Waals surface area contributed by atoms with Crippen LogP contribution in [0.1, 0.15) is 11.1 Å². The first-order chi connectivity index (χ1) is 23.7. The summed E-state index contributed by atoms with van der Waals surface area (Å²) in [6.45, 7) is 0. The first-order valence-corrected chi connectivity index (χ1v) is 17.8. The summed E-state index contributed by atoms with van der Waals surface area (Å²) in [7, 11) is 0. The maximum atomic E-state index is 15.4. The quantitative estimate of drug-likeness (QED) is 0.135. The molecule has 2 heterocycles. The van der Waals surface area contributed by atoms with Crippen molar-refractivity contribution in [1.29, 1.82) is 0 Å². The van der Waals surface area contributed by atoms with E-state index < -0.39 is 23.0 Å². The average Bonchev–Trinajstić information content (AvgIpc) is 3.62. The normalized spacial score (nSPS) is 13.4. The smallest absolute Gasteiger partial charge is 0.280 e. The van der Waals surface area contributed by atoms with Crippen LogP contribution in [0.15, 0.2) is 142 Å². The zero-order valence-corrected chi connectivity index (χ0v) is 30.6. The van der Waals surface area contributed by atoms with Crippen molar-refractivity contribution in [1.82, 2.24) is 9.97 Å². The molecule has 2 unspecified atom stereocenters. The molecule has 246 valence electrons. The molecule has 0 saturated carbocycles. The molecule has 2 N–H and O–H groups in total. The van der Waals surface area contributed by atoms with E-state index in [0.717, 1.165) is 8.95 Å². The van der Waals surface area contributed by atoms with Gasteiger partial charge in [0.15, 0.2) is 5.13 Å². The van der Waals surface area contributed by atoms with Crippen molar-refractivity contribution >= 4 is 89.2 Å². The lowest BCUT2D eigenvalue weighted by atomic mass is 9.71. The SMILES string of the molecule is O=C(Nc1ccccn1)C(Oc1ccc(Br)cc1)(c1ccc(Cl)cc1)C(Oc1ccc(Br)cc1)(C(=O)Nc1nccs1)c1ccc(Cl)cc1. The fourth-order valence-electron chi connectivity index (χ4n) is 5.18. The highest BCUT2D eigenvalue weighted by atomic mass is 79.9. The Bertz CT molecular complexity index is 2040. The zero-order valence-electron chi connectivity index (χ0n) is 25.1. The topological polar surface area (TPSA) is 102 Å². The molecule has 8 nitrogen and oxygen atoms in total. The van der Waals surface area contributed by atoms with E-state index in [4.69, 9.17) is 32.7 Å². The molecule has 0 saturated heterocycles. The van der Waals surface area contributed by atoms with Crippen LogP contribution in [0.3, 0.4) is 0 Å². The Morgan fingerprint density at radius 3 is 1.53 bits per heavy atom. The van der Waals surface area contributed by atoms with Crippen LogP contribution in [-0.4, -0.2) is 21.8 Å². The van der Waals surface area contributed by atoms with Gasteiger partial charge in [-0.2, -0.15) is 0 Å². The van der Waals surface area contributed by atoms with Crippen molar-refractivity contribution in [2.45, 2.75) is 11.2 Å². The van der Waals surface area contributed by atoms with Crippen LogP contribution in [0.2, 0.25) is 10.0 Å². The Balaban J connectivity index is 1.74. The third kappa shape index (κ3) is 7.36. The molecule has 0 aliphatic rings. The molecule has 2 atom stereocenters. The standard InChI is InChI=1S/C36H24Br2Cl2N4O4S/c37-25-8-16-29(17-9-25)47-35(23-4-12-27(39)13-5-23,32(45)43-31-3-1-2-20-41-31)36(24-6-14-28(40)15-7-24,33(46)44-34-42-21-22-49-34)48-30-18-10-26(38)11-19-30/h1-22H,(H,41,43,45)(H,42,44,46). The summed E-state index contributed by atoms with van der Waals surface area (Å²) in [5.74, 6) is -0.849. The van der Waals surface area contributed by atoms with Gasteiger partial charge in [0.05, 0.1) is 0 Å². The monoisotopic (exact) mass is 836 g/mol. The van der Waals surface area contributed by atoms with Crippen LogP contribution >= 0.6 is 66.4 Å². The van der Waals surface area contributed by atoms with Crippen LogP contribution in [-0.2, 0) is 20.8 Å². The third-order valence-electron chi connectivity index (χ3n) is 7.37. The second kappa shape index (κ2) is 15.1. The number of benzene rings is 4. The molecule has 0 aliphatic carbocycles. The number of halogens is 4. The van der Waals surface area contributed by atoms with Crippen LogP contribution in [0.5, 0.6) is 11.5 Å². The zero-order chi connectivity index (χ0) is 34.4. The predicted octanol–water partition coefficient (Wildman–Crippen LogP) is 9.90. The number of nitrogens with one attached hydrogen (secondary N) is 2. The lowest BCUT2D eigenvalue weighted by molar-refractivity contribution is -0.172. The minimum absolute atomic E-state index is 0.208. The molecule has 0 aliphatic heterocycles. The number of nitrogens with zero attached hydrogens (tertiary/aromatic N) is 2. The van der Waals surface area contributed by atoms with E-state index >= 15 is 9.59 Å². The van der Waals surface area contributed by atoms with Gasteiger partial charge in [-0.15, -0.1) is 11.3 Å². The largest absolute Gasteiger partial charge is 0.467 e. The van der Waals surface area contributed by atoms with Crippen LogP contribution in [0.25, 0.3) is 0 Å². The highest BCUT2D eigenvalue weighted by Crippen LogP contribution is 2.50.